The van der Waals surface area contributed by atoms with E-state index < -0.39 is 0 Å². The van der Waals surface area contributed by atoms with Crippen molar-refractivity contribution in [1.82, 2.24) is 15.1 Å². The van der Waals surface area contributed by atoms with Crippen LogP contribution < -0.4 is 5.32 Å². The molecule has 19 heavy (non-hydrogen) atoms. The Kier molecular flexibility index (Phi) is 4.13. The maximum Gasteiger partial charge on any atom is 0.245 e. The number of piperazine rings is 1. The third-order valence-electron chi connectivity index (χ3n) is 4.19. The lowest BCUT2D eigenvalue weighted by molar-refractivity contribution is -0.151. The van der Waals surface area contributed by atoms with Crippen LogP contribution in [0.1, 0.15) is 27.2 Å². The van der Waals surface area contributed by atoms with Crippen molar-refractivity contribution in [1.29, 1.82) is 0 Å². The first kappa shape index (κ1) is 14.3. The molecule has 2 aliphatic heterocycles. The van der Waals surface area contributed by atoms with Gasteiger partial charge in [-0.25, -0.2) is 0 Å². The van der Waals surface area contributed by atoms with Crippen LogP contribution in [0.15, 0.2) is 0 Å². The molecular formula is C14H25N3O2. The number of carbonyl (C=O) groups is 2. The van der Waals surface area contributed by atoms with E-state index in [0.29, 0.717) is 12.5 Å². The first-order valence-corrected chi connectivity index (χ1v) is 7.19. The van der Waals surface area contributed by atoms with E-state index in [1.807, 2.05) is 18.7 Å². The molecule has 0 radical (unpaired) electrons. The Morgan fingerprint density at radius 2 is 2.05 bits per heavy atom. The predicted octanol–water partition coefficient (Wildman–Crippen LogP) is 0.310. The van der Waals surface area contributed by atoms with Crippen molar-refractivity contribution in [2.45, 2.75) is 39.3 Å². The summed E-state index contributed by atoms with van der Waals surface area (Å²) in [5.74, 6) is 0.699. The maximum absolute atomic E-state index is 12.4. The SMILES string of the molecule is CC1NC(=O)C(C(C)C)N(CC2CCN(C)C2)C1=O. The summed E-state index contributed by atoms with van der Waals surface area (Å²) in [5, 5.41) is 2.78. The van der Waals surface area contributed by atoms with Gasteiger partial charge >= 0.3 is 0 Å². The number of hydrogen-bond donors (Lipinski definition) is 1. The lowest BCUT2D eigenvalue weighted by Crippen LogP contribution is -2.64. The first-order chi connectivity index (χ1) is 8.90. The Bertz CT molecular complexity index is 370. The molecule has 0 aromatic carbocycles. The number of likely N-dealkylation sites (tertiary alicyclic amines) is 1. The Morgan fingerprint density at radius 3 is 2.58 bits per heavy atom. The summed E-state index contributed by atoms with van der Waals surface area (Å²) in [5.41, 5.74) is 0. The molecule has 5 heteroatoms. The van der Waals surface area contributed by atoms with Crippen LogP contribution in [0, 0.1) is 11.8 Å². The van der Waals surface area contributed by atoms with Crippen LogP contribution in [0.4, 0.5) is 0 Å². The molecule has 0 aromatic heterocycles. The molecule has 2 heterocycles. The quantitative estimate of drug-likeness (QED) is 0.801. The Labute approximate surface area is 115 Å². The number of carbonyl (C=O) groups excluding carboxylic acids is 2. The van der Waals surface area contributed by atoms with Crippen LogP contribution in [0.25, 0.3) is 0 Å². The molecule has 0 bridgehead atoms. The lowest BCUT2D eigenvalue weighted by Gasteiger charge is -2.41. The molecule has 2 fully saturated rings. The fraction of sp³-hybridized carbons (Fsp3) is 0.857. The van der Waals surface area contributed by atoms with E-state index in [9.17, 15) is 9.59 Å². The molecule has 3 unspecified atom stereocenters. The monoisotopic (exact) mass is 267 g/mol. The summed E-state index contributed by atoms with van der Waals surface area (Å²) >= 11 is 0. The minimum atomic E-state index is -0.387. The Balaban J connectivity index is 2.12. The van der Waals surface area contributed by atoms with Gasteiger partial charge in [-0.1, -0.05) is 13.8 Å². The van der Waals surface area contributed by atoms with Crippen molar-refractivity contribution in [2.24, 2.45) is 11.8 Å². The highest BCUT2D eigenvalue weighted by Gasteiger charge is 2.41. The van der Waals surface area contributed by atoms with Gasteiger partial charge < -0.3 is 15.1 Å². The van der Waals surface area contributed by atoms with E-state index in [1.165, 1.54) is 0 Å². The number of nitrogens with one attached hydrogen (secondary N) is 1. The second-order valence-electron chi connectivity index (χ2n) is 6.33. The van der Waals surface area contributed by atoms with Gasteiger partial charge in [-0.15, -0.1) is 0 Å². The van der Waals surface area contributed by atoms with Gasteiger partial charge in [-0.05, 0) is 38.8 Å². The van der Waals surface area contributed by atoms with E-state index in [2.05, 4.69) is 17.3 Å². The number of nitrogens with zero attached hydrogens (tertiary/aromatic N) is 2. The van der Waals surface area contributed by atoms with E-state index in [-0.39, 0.29) is 29.8 Å². The summed E-state index contributed by atoms with van der Waals surface area (Å²) < 4.78 is 0. The summed E-state index contributed by atoms with van der Waals surface area (Å²) in [6.45, 7) is 8.59. The zero-order valence-electron chi connectivity index (χ0n) is 12.3. The fourth-order valence-corrected chi connectivity index (χ4v) is 3.21. The van der Waals surface area contributed by atoms with Crippen molar-refractivity contribution in [3.8, 4) is 0 Å². The van der Waals surface area contributed by atoms with E-state index >= 15 is 0 Å². The minimum Gasteiger partial charge on any atom is -0.343 e. The average molecular weight is 267 g/mol. The lowest BCUT2D eigenvalue weighted by atomic mass is 9.95. The van der Waals surface area contributed by atoms with E-state index in [1.54, 1.807) is 6.92 Å². The Hall–Kier alpha value is -1.10. The van der Waals surface area contributed by atoms with Gasteiger partial charge in [-0.3, -0.25) is 9.59 Å². The molecule has 0 saturated carbocycles. The van der Waals surface area contributed by atoms with Gasteiger partial charge in [-0.2, -0.15) is 0 Å². The Morgan fingerprint density at radius 1 is 1.37 bits per heavy atom. The standard InChI is InChI=1S/C14H25N3O2/c1-9(2)12-13(18)15-10(3)14(19)17(12)8-11-5-6-16(4)7-11/h9-12H,5-8H2,1-4H3,(H,15,18). The molecule has 108 valence electrons. The van der Waals surface area contributed by atoms with Crippen molar-refractivity contribution in [2.75, 3.05) is 26.7 Å². The highest BCUT2D eigenvalue weighted by Crippen LogP contribution is 2.22. The summed E-state index contributed by atoms with van der Waals surface area (Å²) in [6.07, 6.45) is 1.11. The largest absolute Gasteiger partial charge is 0.343 e. The van der Waals surface area contributed by atoms with Crippen molar-refractivity contribution < 1.29 is 9.59 Å². The van der Waals surface area contributed by atoms with Crippen LogP contribution in [0.2, 0.25) is 0 Å². The molecule has 2 rings (SSSR count). The van der Waals surface area contributed by atoms with Crippen LogP contribution >= 0.6 is 0 Å². The van der Waals surface area contributed by atoms with Gasteiger partial charge in [0.2, 0.25) is 11.8 Å². The highest BCUT2D eigenvalue weighted by molar-refractivity contribution is 5.96. The molecule has 2 amide bonds. The second kappa shape index (κ2) is 5.49. The van der Waals surface area contributed by atoms with Crippen molar-refractivity contribution in [3.63, 3.8) is 0 Å². The third kappa shape index (κ3) is 2.91. The minimum absolute atomic E-state index is 0.00606. The summed E-state index contributed by atoms with van der Waals surface area (Å²) in [4.78, 5) is 28.6. The van der Waals surface area contributed by atoms with Crippen molar-refractivity contribution in [3.05, 3.63) is 0 Å². The molecule has 0 aromatic rings. The van der Waals surface area contributed by atoms with Gasteiger partial charge in [0.05, 0.1) is 0 Å². The molecule has 2 saturated heterocycles. The average Bonchev–Trinajstić information content (AvgIpc) is 2.71. The predicted molar refractivity (Wildman–Crippen MR) is 73.5 cm³/mol. The molecular weight excluding hydrogens is 242 g/mol. The van der Waals surface area contributed by atoms with Crippen LogP contribution in [-0.4, -0.2) is 60.4 Å². The van der Waals surface area contributed by atoms with Crippen LogP contribution in [0.5, 0.6) is 0 Å². The van der Waals surface area contributed by atoms with Gasteiger partial charge in [0.15, 0.2) is 0 Å². The van der Waals surface area contributed by atoms with Crippen LogP contribution in [-0.2, 0) is 9.59 Å². The molecule has 3 atom stereocenters. The van der Waals surface area contributed by atoms with Crippen molar-refractivity contribution >= 4 is 11.8 Å². The smallest absolute Gasteiger partial charge is 0.245 e. The molecule has 1 N–H and O–H groups in total. The van der Waals surface area contributed by atoms with E-state index in [4.69, 9.17) is 0 Å². The normalized spacial score (nSPS) is 33.1. The highest BCUT2D eigenvalue weighted by atomic mass is 16.2. The number of amides is 2. The summed E-state index contributed by atoms with van der Waals surface area (Å²) in [6, 6.07) is -0.698. The fourth-order valence-electron chi connectivity index (χ4n) is 3.21. The molecule has 0 aliphatic carbocycles. The van der Waals surface area contributed by atoms with E-state index in [0.717, 1.165) is 19.5 Å². The first-order valence-electron chi connectivity index (χ1n) is 7.19. The second-order valence-corrected chi connectivity index (χ2v) is 6.33. The maximum atomic E-state index is 12.4. The van der Waals surface area contributed by atoms with Crippen LogP contribution in [0.3, 0.4) is 0 Å². The number of rotatable bonds is 3. The van der Waals surface area contributed by atoms with Gasteiger partial charge in [0.1, 0.15) is 12.1 Å². The van der Waals surface area contributed by atoms with Gasteiger partial charge in [0.25, 0.3) is 0 Å². The van der Waals surface area contributed by atoms with Gasteiger partial charge in [0, 0.05) is 13.1 Å². The molecule has 0 spiro atoms. The third-order valence-corrected chi connectivity index (χ3v) is 4.19. The number of hydrogen-bond acceptors (Lipinski definition) is 3. The zero-order valence-corrected chi connectivity index (χ0v) is 12.3. The summed E-state index contributed by atoms with van der Waals surface area (Å²) in [7, 11) is 2.10. The molecule has 5 nitrogen and oxygen atoms in total. The topological polar surface area (TPSA) is 52.7 Å². The zero-order chi connectivity index (χ0) is 14.2. The molecule has 2 aliphatic rings.